The quantitative estimate of drug-likeness (QED) is 0.684. The van der Waals surface area contributed by atoms with Gasteiger partial charge in [-0.25, -0.2) is 9.67 Å². The number of piperazine rings is 1. The second kappa shape index (κ2) is 6.63. The standard InChI is InChI=1S/C16H16N8O/c25-16(13-12-17-5-6-18-13)23-10-8-22(9-11-23)14-2-3-15(21-20-14)24-7-1-4-19-24/h1-7,12H,8-11H2. The van der Waals surface area contributed by atoms with Gasteiger partial charge in [0, 0.05) is 51.0 Å². The summed E-state index contributed by atoms with van der Waals surface area (Å²) in [4.78, 5) is 24.3. The molecule has 1 aliphatic heterocycles. The number of rotatable bonds is 3. The molecule has 0 unspecified atom stereocenters. The first-order valence-corrected chi connectivity index (χ1v) is 7.95. The van der Waals surface area contributed by atoms with Gasteiger partial charge in [-0.3, -0.25) is 9.78 Å². The summed E-state index contributed by atoms with van der Waals surface area (Å²) in [6, 6.07) is 5.64. The van der Waals surface area contributed by atoms with E-state index in [0.717, 1.165) is 5.82 Å². The lowest BCUT2D eigenvalue weighted by atomic mass is 10.2. The van der Waals surface area contributed by atoms with Gasteiger partial charge in [0.25, 0.3) is 5.91 Å². The van der Waals surface area contributed by atoms with Gasteiger partial charge in [-0.05, 0) is 18.2 Å². The number of hydrogen-bond acceptors (Lipinski definition) is 7. The van der Waals surface area contributed by atoms with Crippen molar-refractivity contribution in [3.63, 3.8) is 0 Å². The van der Waals surface area contributed by atoms with Crippen LogP contribution in [0.1, 0.15) is 10.5 Å². The minimum absolute atomic E-state index is 0.0899. The molecule has 0 aliphatic carbocycles. The van der Waals surface area contributed by atoms with Crippen molar-refractivity contribution in [1.29, 1.82) is 0 Å². The Bertz CT molecular complexity index is 826. The largest absolute Gasteiger partial charge is 0.352 e. The minimum atomic E-state index is -0.0899. The summed E-state index contributed by atoms with van der Waals surface area (Å²) in [7, 11) is 0. The second-order valence-corrected chi connectivity index (χ2v) is 5.57. The van der Waals surface area contributed by atoms with Crippen LogP contribution in [0.5, 0.6) is 0 Å². The van der Waals surface area contributed by atoms with Gasteiger partial charge in [0.2, 0.25) is 0 Å². The van der Waals surface area contributed by atoms with Crippen LogP contribution in [0, 0.1) is 0 Å². The van der Waals surface area contributed by atoms with Gasteiger partial charge >= 0.3 is 0 Å². The lowest BCUT2D eigenvalue weighted by Gasteiger charge is -2.34. The summed E-state index contributed by atoms with van der Waals surface area (Å²) in [6.07, 6.45) is 8.10. The number of carbonyl (C=O) groups excluding carboxylic acids is 1. The predicted molar refractivity (Wildman–Crippen MR) is 89.3 cm³/mol. The number of hydrogen-bond donors (Lipinski definition) is 0. The highest BCUT2D eigenvalue weighted by molar-refractivity contribution is 5.92. The van der Waals surface area contributed by atoms with Gasteiger partial charge in [-0.1, -0.05) is 0 Å². The van der Waals surface area contributed by atoms with Crippen molar-refractivity contribution in [3.05, 3.63) is 54.9 Å². The fourth-order valence-corrected chi connectivity index (χ4v) is 2.72. The highest BCUT2D eigenvalue weighted by Crippen LogP contribution is 2.15. The Labute approximate surface area is 143 Å². The molecule has 3 aromatic heterocycles. The van der Waals surface area contributed by atoms with Crippen LogP contribution in [-0.4, -0.2) is 66.9 Å². The van der Waals surface area contributed by atoms with Crippen LogP contribution in [0.4, 0.5) is 5.82 Å². The second-order valence-electron chi connectivity index (χ2n) is 5.57. The summed E-state index contributed by atoms with van der Waals surface area (Å²) in [6.45, 7) is 2.61. The van der Waals surface area contributed by atoms with Crippen molar-refractivity contribution in [1.82, 2.24) is 34.8 Å². The summed E-state index contributed by atoms with van der Waals surface area (Å²) in [5, 5.41) is 12.6. The number of amides is 1. The van der Waals surface area contributed by atoms with Crippen LogP contribution in [-0.2, 0) is 0 Å². The molecule has 0 radical (unpaired) electrons. The van der Waals surface area contributed by atoms with Crippen LogP contribution >= 0.6 is 0 Å². The van der Waals surface area contributed by atoms with E-state index in [2.05, 4.69) is 30.2 Å². The van der Waals surface area contributed by atoms with Gasteiger partial charge in [0.05, 0.1) is 6.20 Å². The third-order valence-electron chi connectivity index (χ3n) is 4.05. The lowest BCUT2D eigenvalue weighted by Crippen LogP contribution is -2.49. The Hall–Kier alpha value is -3.36. The molecule has 4 rings (SSSR count). The van der Waals surface area contributed by atoms with Crippen LogP contribution in [0.15, 0.2) is 49.2 Å². The average Bonchev–Trinajstić information content (AvgIpc) is 3.23. The van der Waals surface area contributed by atoms with E-state index < -0.39 is 0 Å². The molecule has 9 heteroatoms. The van der Waals surface area contributed by atoms with Crippen LogP contribution in [0.25, 0.3) is 5.82 Å². The van der Waals surface area contributed by atoms with Gasteiger partial charge in [0.15, 0.2) is 11.6 Å². The van der Waals surface area contributed by atoms with E-state index in [0.29, 0.717) is 37.7 Å². The topological polar surface area (TPSA) is 92.9 Å². The first-order chi connectivity index (χ1) is 12.3. The molecule has 1 saturated heterocycles. The molecule has 1 amide bonds. The van der Waals surface area contributed by atoms with Crippen LogP contribution in [0.3, 0.4) is 0 Å². The van der Waals surface area contributed by atoms with Gasteiger partial charge in [0.1, 0.15) is 5.69 Å². The summed E-state index contributed by atoms with van der Waals surface area (Å²) in [5.41, 5.74) is 0.374. The van der Waals surface area contributed by atoms with Crippen molar-refractivity contribution in [3.8, 4) is 5.82 Å². The smallest absolute Gasteiger partial charge is 0.274 e. The molecule has 1 fully saturated rings. The Morgan fingerprint density at radius 1 is 0.960 bits per heavy atom. The summed E-state index contributed by atoms with van der Waals surface area (Å²) < 4.78 is 1.66. The van der Waals surface area contributed by atoms with Crippen LogP contribution in [0.2, 0.25) is 0 Å². The van der Waals surface area contributed by atoms with E-state index in [-0.39, 0.29) is 5.91 Å². The number of anilines is 1. The molecule has 0 saturated carbocycles. The molecule has 1 aliphatic rings. The number of nitrogens with zero attached hydrogens (tertiary/aromatic N) is 8. The maximum Gasteiger partial charge on any atom is 0.274 e. The van der Waals surface area contributed by atoms with Crippen molar-refractivity contribution < 1.29 is 4.79 Å². The highest BCUT2D eigenvalue weighted by atomic mass is 16.2. The van der Waals surface area contributed by atoms with E-state index in [1.807, 2.05) is 24.4 Å². The molecule has 0 bridgehead atoms. The first-order valence-electron chi connectivity index (χ1n) is 7.95. The lowest BCUT2D eigenvalue weighted by molar-refractivity contribution is 0.0740. The molecule has 0 aromatic carbocycles. The fraction of sp³-hybridized carbons (Fsp3) is 0.250. The zero-order valence-corrected chi connectivity index (χ0v) is 13.4. The molecular formula is C16H16N8O. The fourth-order valence-electron chi connectivity index (χ4n) is 2.72. The minimum Gasteiger partial charge on any atom is -0.352 e. The molecule has 4 heterocycles. The van der Waals surface area contributed by atoms with Crippen molar-refractivity contribution >= 4 is 11.7 Å². The molecule has 9 nitrogen and oxygen atoms in total. The van der Waals surface area contributed by atoms with E-state index in [1.54, 1.807) is 22.0 Å². The van der Waals surface area contributed by atoms with Crippen LogP contribution < -0.4 is 4.90 Å². The Morgan fingerprint density at radius 2 is 1.76 bits per heavy atom. The monoisotopic (exact) mass is 336 g/mol. The predicted octanol–water partition coefficient (Wildman–Crippen LogP) is 0.415. The van der Waals surface area contributed by atoms with Crippen molar-refractivity contribution in [2.75, 3.05) is 31.1 Å². The maximum atomic E-state index is 12.4. The Kier molecular flexibility index (Phi) is 4.03. The van der Waals surface area contributed by atoms with Gasteiger partial charge in [-0.15, -0.1) is 10.2 Å². The molecular weight excluding hydrogens is 320 g/mol. The van der Waals surface area contributed by atoms with Gasteiger partial charge < -0.3 is 9.80 Å². The third kappa shape index (κ3) is 3.16. The maximum absolute atomic E-state index is 12.4. The zero-order valence-electron chi connectivity index (χ0n) is 13.4. The SMILES string of the molecule is O=C(c1cnccn1)N1CCN(c2ccc(-n3cccn3)nn2)CC1. The average molecular weight is 336 g/mol. The molecule has 0 spiro atoms. The van der Waals surface area contributed by atoms with E-state index >= 15 is 0 Å². The number of aromatic nitrogens is 6. The van der Waals surface area contributed by atoms with E-state index in [9.17, 15) is 4.79 Å². The molecule has 0 atom stereocenters. The number of carbonyl (C=O) groups is 1. The van der Waals surface area contributed by atoms with Gasteiger partial charge in [-0.2, -0.15) is 5.10 Å². The molecule has 25 heavy (non-hydrogen) atoms. The summed E-state index contributed by atoms with van der Waals surface area (Å²) >= 11 is 0. The van der Waals surface area contributed by atoms with Crippen molar-refractivity contribution in [2.45, 2.75) is 0 Å². The molecule has 126 valence electrons. The Balaban J connectivity index is 1.39. The van der Waals surface area contributed by atoms with Crippen molar-refractivity contribution in [2.24, 2.45) is 0 Å². The summed E-state index contributed by atoms with van der Waals surface area (Å²) in [5.74, 6) is 1.38. The van der Waals surface area contributed by atoms with E-state index in [1.165, 1.54) is 12.4 Å². The first kappa shape index (κ1) is 15.2. The normalized spacial score (nSPS) is 14.6. The molecule has 0 N–H and O–H groups in total. The molecule has 3 aromatic rings. The highest BCUT2D eigenvalue weighted by Gasteiger charge is 2.23. The Morgan fingerprint density at radius 3 is 2.40 bits per heavy atom. The van der Waals surface area contributed by atoms with E-state index in [4.69, 9.17) is 0 Å². The third-order valence-corrected chi connectivity index (χ3v) is 4.05. The zero-order chi connectivity index (χ0) is 17.1.